The SMILES string of the molecule is c1cc(OCCN2CCCCCCC2)cc(-c2noc3ccsc23)c1. The summed E-state index contributed by atoms with van der Waals surface area (Å²) in [7, 11) is 0. The Kier molecular flexibility index (Phi) is 5.33. The van der Waals surface area contributed by atoms with Crippen molar-refractivity contribution in [2.75, 3.05) is 26.2 Å². The van der Waals surface area contributed by atoms with E-state index in [2.05, 4.69) is 22.2 Å². The molecule has 2 aromatic heterocycles. The Morgan fingerprint density at radius 2 is 1.92 bits per heavy atom. The Labute approximate surface area is 152 Å². The van der Waals surface area contributed by atoms with Crippen LogP contribution in [0.2, 0.25) is 0 Å². The maximum atomic E-state index is 6.02. The minimum absolute atomic E-state index is 0.733. The molecule has 0 radical (unpaired) electrons. The third-order valence-electron chi connectivity index (χ3n) is 4.81. The molecule has 5 heteroatoms. The van der Waals surface area contributed by atoms with Gasteiger partial charge in [-0.25, -0.2) is 0 Å². The molecule has 3 heterocycles. The summed E-state index contributed by atoms with van der Waals surface area (Å²) in [4.78, 5) is 2.54. The van der Waals surface area contributed by atoms with Gasteiger partial charge in [0.25, 0.3) is 0 Å². The van der Waals surface area contributed by atoms with Crippen molar-refractivity contribution in [3.05, 3.63) is 35.7 Å². The molecule has 1 aliphatic heterocycles. The molecule has 0 spiro atoms. The van der Waals surface area contributed by atoms with Crippen molar-refractivity contribution in [3.8, 4) is 17.0 Å². The largest absolute Gasteiger partial charge is 0.492 e. The molecule has 3 aromatic rings. The molecule has 1 fully saturated rings. The molecule has 0 saturated carbocycles. The van der Waals surface area contributed by atoms with Crippen LogP contribution < -0.4 is 4.74 Å². The molecule has 0 aliphatic carbocycles. The zero-order valence-electron chi connectivity index (χ0n) is 14.4. The van der Waals surface area contributed by atoms with Crippen molar-refractivity contribution in [2.24, 2.45) is 0 Å². The second-order valence-electron chi connectivity index (χ2n) is 6.63. The quantitative estimate of drug-likeness (QED) is 0.630. The highest BCUT2D eigenvalue weighted by Crippen LogP contribution is 2.33. The molecule has 0 atom stereocenters. The van der Waals surface area contributed by atoms with Crippen LogP contribution in [0.3, 0.4) is 0 Å². The average Bonchev–Trinajstić information content (AvgIpc) is 3.20. The number of thiophene rings is 1. The highest BCUT2D eigenvalue weighted by Gasteiger charge is 2.12. The summed E-state index contributed by atoms with van der Waals surface area (Å²) in [5.41, 5.74) is 2.80. The first-order valence-corrected chi connectivity index (χ1v) is 10.1. The molecule has 0 unspecified atom stereocenters. The molecule has 4 nitrogen and oxygen atoms in total. The van der Waals surface area contributed by atoms with Crippen LogP contribution >= 0.6 is 11.3 Å². The molecule has 25 heavy (non-hydrogen) atoms. The van der Waals surface area contributed by atoms with Crippen LogP contribution in [0.4, 0.5) is 0 Å². The summed E-state index contributed by atoms with van der Waals surface area (Å²) < 4.78 is 12.5. The van der Waals surface area contributed by atoms with Crippen LogP contribution in [0.5, 0.6) is 5.75 Å². The van der Waals surface area contributed by atoms with E-state index >= 15 is 0 Å². The summed E-state index contributed by atoms with van der Waals surface area (Å²) in [5.74, 6) is 0.900. The number of hydrogen-bond acceptors (Lipinski definition) is 5. The van der Waals surface area contributed by atoms with Gasteiger partial charge in [-0.3, -0.25) is 4.90 Å². The van der Waals surface area contributed by atoms with Crippen molar-refractivity contribution >= 4 is 21.6 Å². The second-order valence-corrected chi connectivity index (χ2v) is 7.55. The van der Waals surface area contributed by atoms with Gasteiger partial charge in [-0.15, -0.1) is 11.3 Å². The lowest BCUT2D eigenvalue weighted by Gasteiger charge is -2.24. The van der Waals surface area contributed by atoms with Crippen molar-refractivity contribution in [1.29, 1.82) is 0 Å². The van der Waals surface area contributed by atoms with E-state index in [1.54, 1.807) is 11.3 Å². The minimum atomic E-state index is 0.733. The zero-order chi connectivity index (χ0) is 16.9. The van der Waals surface area contributed by atoms with Crippen LogP contribution in [0.15, 0.2) is 40.2 Å². The fourth-order valence-corrected chi connectivity index (χ4v) is 4.24. The van der Waals surface area contributed by atoms with Gasteiger partial charge in [0, 0.05) is 12.1 Å². The van der Waals surface area contributed by atoms with Crippen molar-refractivity contribution in [2.45, 2.75) is 32.1 Å². The van der Waals surface area contributed by atoms with Gasteiger partial charge < -0.3 is 9.26 Å². The number of ether oxygens (including phenoxy) is 1. The van der Waals surface area contributed by atoms with E-state index in [1.165, 1.54) is 45.2 Å². The highest BCUT2D eigenvalue weighted by atomic mass is 32.1. The maximum Gasteiger partial charge on any atom is 0.178 e. The van der Waals surface area contributed by atoms with Gasteiger partial charge in [-0.05, 0) is 49.5 Å². The molecule has 1 aliphatic rings. The van der Waals surface area contributed by atoms with Gasteiger partial charge in [0.05, 0.1) is 0 Å². The topological polar surface area (TPSA) is 38.5 Å². The van der Waals surface area contributed by atoms with Crippen molar-refractivity contribution < 1.29 is 9.26 Å². The van der Waals surface area contributed by atoms with E-state index in [0.717, 1.165) is 40.4 Å². The fraction of sp³-hybridized carbons (Fsp3) is 0.450. The van der Waals surface area contributed by atoms with Gasteiger partial charge in [-0.2, -0.15) is 0 Å². The van der Waals surface area contributed by atoms with Gasteiger partial charge >= 0.3 is 0 Å². The molecule has 4 rings (SSSR count). The van der Waals surface area contributed by atoms with E-state index in [9.17, 15) is 0 Å². The number of nitrogens with zero attached hydrogens (tertiary/aromatic N) is 2. The summed E-state index contributed by atoms with van der Waals surface area (Å²) in [6.07, 6.45) is 6.77. The summed E-state index contributed by atoms with van der Waals surface area (Å²) in [6, 6.07) is 10.1. The molecule has 1 saturated heterocycles. The van der Waals surface area contributed by atoms with Crippen LogP contribution in [0, 0.1) is 0 Å². The zero-order valence-corrected chi connectivity index (χ0v) is 15.3. The first-order chi connectivity index (χ1) is 12.4. The van der Waals surface area contributed by atoms with E-state index in [0.29, 0.717) is 0 Å². The van der Waals surface area contributed by atoms with Gasteiger partial charge in [0.15, 0.2) is 5.58 Å². The lowest BCUT2D eigenvalue weighted by Crippen LogP contribution is -2.31. The monoisotopic (exact) mass is 356 g/mol. The van der Waals surface area contributed by atoms with E-state index in [4.69, 9.17) is 9.26 Å². The Bertz CT molecular complexity index is 803. The van der Waals surface area contributed by atoms with Crippen LogP contribution in [0.1, 0.15) is 32.1 Å². The first kappa shape index (κ1) is 16.6. The molecule has 1 aromatic carbocycles. The van der Waals surface area contributed by atoms with Gasteiger partial charge in [0.1, 0.15) is 22.8 Å². The minimum Gasteiger partial charge on any atom is -0.492 e. The van der Waals surface area contributed by atoms with Crippen molar-refractivity contribution in [3.63, 3.8) is 0 Å². The number of benzene rings is 1. The molecule has 0 N–H and O–H groups in total. The Morgan fingerprint density at radius 1 is 1.08 bits per heavy atom. The fourth-order valence-electron chi connectivity index (χ4n) is 3.42. The van der Waals surface area contributed by atoms with E-state index in [-0.39, 0.29) is 0 Å². The number of likely N-dealkylation sites (tertiary alicyclic amines) is 1. The Balaban J connectivity index is 1.37. The predicted octanol–water partition coefficient (Wildman–Crippen LogP) is 5.20. The predicted molar refractivity (Wildman–Crippen MR) is 102 cm³/mol. The van der Waals surface area contributed by atoms with Gasteiger partial charge in [-0.1, -0.05) is 36.6 Å². The van der Waals surface area contributed by atoms with Crippen LogP contribution in [0.25, 0.3) is 21.5 Å². The molecular formula is C20H24N2O2S. The lowest BCUT2D eigenvalue weighted by molar-refractivity contribution is 0.195. The smallest absolute Gasteiger partial charge is 0.178 e. The molecule has 132 valence electrons. The normalized spacial score (nSPS) is 16.6. The number of rotatable bonds is 5. The average molecular weight is 356 g/mol. The highest BCUT2D eigenvalue weighted by molar-refractivity contribution is 7.17. The first-order valence-electron chi connectivity index (χ1n) is 9.18. The second kappa shape index (κ2) is 8.02. The molecule has 0 bridgehead atoms. The lowest BCUT2D eigenvalue weighted by atomic mass is 10.1. The maximum absolute atomic E-state index is 6.02. The number of fused-ring (bicyclic) bond motifs is 1. The van der Waals surface area contributed by atoms with Crippen molar-refractivity contribution in [1.82, 2.24) is 10.1 Å². The third kappa shape index (κ3) is 4.05. The summed E-state index contributed by atoms with van der Waals surface area (Å²) >= 11 is 1.66. The Hall–Kier alpha value is -1.85. The summed E-state index contributed by atoms with van der Waals surface area (Å²) in [5, 5.41) is 6.24. The standard InChI is InChI=1S/C20H24N2O2S/c1-2-4-10-22(11-5-3-1)12-13-23-17-8-6-7-16(15-17)19-20-18(24-21-19)9-14-25-20/h6-9,14-15H,1-5,10-13H2. The van der Waals surface area contributed by atoms with E-state index < -0.39 is 0 Å². The third-order valence-corrected chi connectivity index (χ3v) is 5.71. The Morgan fingerprint density at radius 3 is 2.80 bits per heavy atom. The van der Waals surface area contributed by atoms with Crippen LogP contribution in [-0.2, 0) is 0 Å². The molecule has 0 amide bonds. The van der Waals surface area contributed by atoms with Gasteiger partial charge in [0.2, 0.25) is 0 Å². The molecular weight excluding hydrogens is 332 g/mol. The van der Waals surface area contributed by atoms with Crippen LogP contribution in [-0.4, -0.2) is 36.3 Å². The number of aromatic nitrogens is 1. The number of hydrogen-bond donors (Lipinski definition) is 0. The van der Waals surface area contributed by atoms with E-state index in [1.807, 2.05) is 23.6 Å². The summed E-state index contributed by atoms with van der Waals surface area (Å²) in [6.45, 7) is 4.15.